The second kappa shape index (κ2) is 8.86. The number of hydrogen-bond acceptors (Lipinski definition) is 6. The predicted octanol–water partition coefficient (Wildman–Crippen LogP) is 4.71. The second-order valence-corrected chi connectivity index (χ2v) is 8.64. The minimum absolute atomic E-state index is 0.227. The van der Waals surface area contributed by atoms with Gasteiger partial charge in [0.1, 0.15) is 5.00 Å². The van der Waals surface area contributed by atoms with Gasteiger partial charge in [0.2, 0.25) is 0 Å². The summed E-state index contributed by atoms with van der Waals surface area (Å²) in [5.41, 5.74) is 1.94. The number of carbonyl (C=O) groups excluding carboxylic acids is 2. The van der Waals surface area contributed by atoms with Crippen molar-refractivity contribution < 1.29 is 23.8 Å². The molecule has 1 aliphatic rings. The molecule has 1 atom stereocenters. The number of hydrogen-bond donors (Lipinski definition) is 1. The average molecular weight is 418 g/mol. The van der Waals surface area contributed by atoms with Crippen LogP contribution in [0.25, 0.3) is 0 Å². The summed E-state index contributed by atoms with van der Waals surface area (Å²) in [5, 5.41) is 3.47. The van der Waals surface area contributed by atoms with Crippen LogP contribution in [0, 0.1) is 5.92 Å². The van der Waals surface area contributed by atoms with Crippen molar-refractivity contribution in [3.8, 4) is 11.5 Å². The molecule has 1 amide bonds. The fourth-order valence-corrected chi connectivity index (χ4v) is 4.87. The summed E-state index contributed by atoms with van der Waals surface area (Å²) in [5.74, 6) is 0.889. The molecule has 0 spiro atoms. The van der Waals surface area contributed by atoms with Crippen LogP contribution in [0.15, 0.2) is 18.2 Å². The first-order chi connectivity index (χ1) is 13.8. The van der Waals surface area contributed by atoms with E-state index in [-0.39, 0.29) is 18.0 Å². The average Bonchev–Trinajstić information content (AvgIpc) is 3.03. The lowest BCUT2D eigenvalue weighted by molar-refractivity contribution is 0.0378. The van der Waals surface area contributed by atoms with Gasteiger partial charge in [0, 0.05) is 10.4 Å². The van der Waals surface area contributed by atoms with Gasteiger partial charge < -0.3 is 19.5 Å². The van der Waals surface area contributed by atoms with Crippen molar-refractivity contribution in [1.29, 1.82) is 0 Å². The first-order valence-electron chi connectivity index (χ1n) is 9.72. The summed E-state index contributed by atoms with van der Waals surface area (Å²) in [6.45, 7) is 5.85. The largest absolute Gasteiger partial charge is 0.493 e. The monoisotopic (exact) mass is 417 g/mol. The second-order valence-electron chi connectivity index (χ2n) is 7.53. The van der Waals surface area contributed by atoms with E-state index in [0.717, 1.165) is 29.7 Å². The summed E-state index contributed by atoms with van der Waals surface area (Å²) < 4.78 is 16.0. The number of carbonyl (C=O) groups is 2. The number of esters is 1. The Kier molecular flexibility index (Phi) is 6.47. The molecule has 1 aromatic carbocycles. The SMILES string of the molecule is COc1ccc(C(=O)Nc2sc3c(c2C(=O)OC(C)C)CCC(C)C3)cc1OC. The number of methoxy groups -OCH3 is 2. The molecule has 0 saturated carbocycles. The molecule has 29 heavy (non-hydrogen) atoms. The molecule has 2 aromatic rings. The van der Waals surface area contributed by atoms with Gasteiger partial charge in [-0.2, -0.15) is 0 Å². The first kappa shape index (κ1) is 21.2. The van der Waals surface area contributed by atoms with E-state index >= 15 is 0 Å². The van der Waals surface area contributed by atoms with Crippen LogP contribution < -0.4 is 14.8 Å². The number of thiophene rings is 1. The van der Waals surface area contributed by atoms with Crippen molar-refractivity contribution >= 4 is 28.2 Å². The number of nitrogens with one attached hydrogen (secondary N) is 1. The van der Waals surface area contributed by atoms with Gasteiger partial charge in [-0.05, 0) is 62.8 Å². The Hall–Kier alpha value is -2.54. The molecule has 7 heteroatoms. The number of anilines is 1. The molecule has 1 aromatic heterocycles. The molecule has 0 radical (unpaired) electrons. The Balaban J connectivity index is 1.94. The summed E-state index contributed by atoms with van der Waals surface area (Å²) in [6.07, 6.45) is 2.53. The standard InChI is InChI=1S/C22H27NO5S/c1-12(2)28-22(25)19-15-8-6-13(3)10-18(15)29-21(19)23-20(24)14-7-9-16(26-4)17(11-14)27-5/h7,9,11-13H,6,8,10H2,1-5H3,(H,23,24). The van der Waals surface area contributed by atoms with Crippen LogP contribution in [0.2, 0.25) is 0 Å². The number of ether oxygens (including phenoxy) is 3. The maximum atomic E-state index is 12.9. The molecule has 0 saturated heterocycles. The maximum Gasteiger partial charge on any atom is 0.341 e. The molecule has 156 valence electrons. The van der Waals surface area contributed by atoms with Crippen LogP contribution in [-0.4, -0.2) is 32.2 Å². The van der Waals surface area contributed by atoms with Gasteiger partial charge in [0.25, 0.3) is 5.91 Å². The molecule has 3 rings (SSSR count). The summed E-state index contributed by atoms with van der Waals surface area (Å²) in [7, 11) is 3.06. The number of rotatable bonds is 6. The molecular formula is C22H27NO5S. The zero-order chi connectivity index (χ0) is 21.1. The Morgan fingerprint density at radius 3 is 2.55 bits per heavy atom. The number of benzene rings is 1. The summed E-state index contributed by atoms with van der Waals surface area (Å²) >= 11 is 1.47. The van der Waals surface area contributed by atoms with Gasteiger partial charge >= 0.3 is 5.97 Å². The lowest BCUT2D eigenvalue weighted by Crippen LogP contribution is -2.18. The Morgan fingerprint density at radius 1 is 1.17 bits per heavy atom. The van der Waals surface area contributed by atoms with Crippen LogP contribution in [-0.2, 0) is 17.6 Å². The van der Waals surface area contributed by atoms with Crippen molar-refractivity contribution in [1.82, 2.24) is 0 Å². The van der Waals surface area contributed by atoms with E-state index in [2.05, 4.69) is 12.2 Å². The van der Waals surface area contributed by atoms with Crippen LogP contribution in [0.1, 0.15) is 58.3 Å². The lowest BCUT2D eigenvalue weighted by atomic mass is 9.88. The molecule has 1 heterocycles. The zero-order valence-corrected chi connectivity index (χ0v) is 18.3. The fraction of sp³-hybridized carbons (Fsp3) is 0.455. The quantitative estimate of drug-likeness (QED) is 0.689. The maximum absolute atomic E-state index is 12.9. The highest BCUT2D eigenvalue weighted by Crippen LogP contribution is 2.40. The zero-order valence-electron chi connectivity index (χ0n) is 17.5. The first-order valence-corrected chi connectivity index (χ1v) is 10.5. The predicted molar refractivity (Wildman–Crippen MR) is 114 cm³/mol. The highest BCUT2D eigenvalue weighted by molar-refractivity contribution is 7.17. The smallest absolute Gasteiger partial charge is 0.341 e. The van der Waals surface area contributed by atoms with Crippen molar-refractivity contribution in [3.05, 3.63) is 39.8 Å². The Bertz CT molecular complexity index is 918. The highest BCUT2D eigenvalue weighted by Gasteiger charge is 2.30. The third kappa shape index (κ3) is 4.56. The Morgan fingerprint density at radius 2 is 1.90 bits per heavy atom. The molecule has 1 unspecified atom stereocenters. The molecule has 0 bridgehead atoms. The molecule has 0 aliphatic heterocycles. The highest BCUT2D eigenvalue weighted by atomic mass is 32.1. The van der Waals surface area contributed by atoms with Crippen LogP contribution in [0.3, 0.4) is 0 Å². The normalized spacial score (nSPS) is 15.6. The van der Waals surface area contributed by atoms with Crippen LogP contribution in [0.5, 0.6) is 11.5 Å². The van der Waals surface area contributed by atoms with Crippen LogP contribution in [0.4, 0.5) is 5.00 Å². The Labute approximate surface area is 175 Å². The third-order valence-electron chi connectivity index (χ3n) is 4.93. The van der Waals surface area contributed by atoms with E-state index in [1.165, 1.54) is 18.4 Å². The van der Waals surface area contributed by atoms with E-state index in [1.807, 2.05) is 13.8 Å². The molecule has 6 nitrogen and oxygen atoms in total. The lowest BCUT2D eigenvalue weighted by Gasteiger charge is -2.19. The minimum Gasteiger partial charge on any atom is -0.493 e. The minimum atomic E-state index is -0.380. The van der Waals surface area contributed by atoms with E-state index in [4.69, 9.17) is 14.2 Å². The van der Waals surface area contributed by atoms with E-state index in [9.17, 15) is 9.59 Å². The summed E-state index contributed by atoms with van der Waals surface area (Å²) in [4.78, 5) is 26.8. The van der Waals surface area contributed by atoms with Gasteiger partial charge in [0.15, 0.2) is 11.5 Å². The van der Waals surface area contributed by atoms with Gasteiger partial charge in [-0.1, -0.05) is 6.92 Å². The van der Waals surface area contributed by atoms with Crippen molar-refractivity contribution in [2.45, 2.75) is 46.1 Å². The van der Waals surface area contributed by atoms with Gasteiger partial charge in [0.05, 0.1) is 25.9 Å². The third-order valence-corrected chi connectivity index (χ3v) is 6.10. The van der Waals surface area contributed by atoms with E-state index in [0.29, 0.717) is 33.5 Å². The van der Waals surface area contributed by atoms with Crippen molar-refractivity contribution in [3.63, 3.8) is 0 Å². The summed E-state index contributed by atoms with van der Waals surface area (Å²) in [6, 6.07) is 4.97. The van der Waals surface area contributed by atoms with Gasteiger partial charge in [-0.3, -0.25) is 4.79 Å². The molecule has 1 N–H and O–H groups in total. The van der Waals surface area contributed by atoms with Crippen LogP contribution >= 0.6 is 11.3 Å². The van der Waals surface area contributed by atoms with Gasteiger partial charge in [-0.25, -0.2) is 4.79 Å². The van der Waals surface area contributed by atoms with E-state index in [1.54, 1.807) is 25.3 Å². The van der Waals surface area contributed by atoms with Gasteiger partial charge in [-0.15, -0.1) is 11.3 Å². The number of fused-ring (bicyclic) bond motifs is 1. The number of amides is 1. The fourth-order valence-electron chi connectivity index (χ4n) is 3.48. The topological polar surface area (TPSA) is 73.9 Å². The van der Waals surface area contributed by atoms with Crippen molar-refractivity contribution in [2.75, 3.05) is 19.5 Å². The molecular weight excluding hydrogens is 390 g/mol. The van der Waals surface area contributed by atoms with E-state index < -0.39 is 0 Å². The molecule has 1 aliphatic carbocycles. The molecule has 0 fully saturated rings. The van der Waals surface area contributed by atoms with Crippen molar-refractivity contribution in [2.24, 2.45) is 5.92 Å².